The molecule has 4 heteroatoms. The van der Waals surface area contributed by atoms with Crippen LogP contribution in [0.3, 0.4) is 0 Å². The first-order valence-corrected chi connectivity index (χ1v) is 16.1. The molecule has 0 unspecified atom stereocenters. The molecule has 224 valence electrons. The number of para-hydroxylation sites is 1. The fraction of sp³-hybridized carbons (Fsp3) is 0. The molecule has 0 spiro atoms. The second-order valence-electron chi connectivity index (χ2n) is 12.3. The molecular weight excluding hydrogens is 587 g/mol. The highest BCUT2D eigenvalue weighted by Gasteiger charge is 2.21. The molecule has 10 aromatic rings. The van der Waals surface area contributed by atoms with Gasteiger partial charge in [-0.3, -0.25) is 4.57 Å². The van der Waals surface area contributed by atoms with E-state index in [1.807, 2.05) is 24.5 Å². The molecule has 48 heavy (non-hydrogen) atoms. The first kappa shape index (κ1) is 26.7. The van der Waals surface area contributed by atoms with Crippen molar-refractivity contribution < 1.29 is 4.42 Å². The van der Waals surface area contributed by atoms with Crippen LogP contribution in [0.25, 0.3) is 93.8 Å². The van der Waals surface area contributed by atoms with Crippen LogP contribution >= 0.6 is 0 Å². The van der Waals surface area contributed by atoms with E-state index in [1.54, 1.807) is 0 Å². The van der Waals surface area contributed by atoms with E-state index in [-0.39, 0.29) is 0 Å². The molecule has 0 N–H and O–H groups in total. The van der Waals surface area contributed by atoms with Crippen molar-refractivity contribution in [2.45, 2.75) is 0 Å². The highest BCUT2D eigenvalue weighted by Crippen LogP contribution is 2.41. The van der Waals surface area contributed by atoms with E-state index in [4.69, 9.17) is 14.4 Å². The van der Waals surface area contributed by atoms with Gasteiger partial charge in [0.25, 0.3) is 0 Å². The van der Waals surface area contributed by atoms with Gasteiger partial charge in [-0.05, 0) is 69.6 Å². The van der Waals surface area contributed by atoms with Gasteiger partial charge in [-0.15, -0.1) is 0 Å². The summed E-state index contributed by atoms with van der Waals surface area (Å²) in [5.74, 6) is 0.602. The number of furan rings is 1. The summed E-state index contributed by atoms with van der Waals surface area (Å²) in [6.45, 7) is 0. The zero-order valence-corrected chi connectivity index (χ0v) is 25.8. The number of aromatic nitrogens is 3. The smallest absolute Gasteiger partial charge is 0.234 e. The highest BCUT2D eigenvalue weighted by atomic mass is 16.3. The lowest BCUT2D eigenvalue weighted by Gasteiger charge is -2.12. The quantitative estimate of drug-likeness (QED) is 0.198. The van der Waals surface area contributed by atoms with Crippen molar-refractivity contribution in [1.82, 2.24) is 14.5 Å². The number of benzene rings is 7. The van der Waals surface area contributed by atoms with Crippen LogP contribution in [0.5, 0.6) is 0 Å². The van der Waals surface area contributed by atoms with Crippen LogP contribution in [0.15, 0.2) is 168 Å². The van der Waals surface area contributed by atoms with Crippen LogP contribution in [0.4, 0.5) is 0 Å². The van der Waals surface area contributed by atoms with Crippen LogP contribution in [0.1, 0.15) is 0 Å². The molecule has 3 heterocycles. The largest absolute Gasteiger partial charge is 0.453 e. The van der Waals surface area contributed by atoms with Gasteiger partial charge >= 0.3 is 0 Å². The predicted molar refractivity (Wildman–Crippen MR) is 197 cm³/mol. The Morgan fingerprint density at radius 2 is 0.938 bits per heavy atom. The molecule has 0 radical (unpaired) electrons. The van der Waals surface area contributed by atoms with Gasteiger partial charge in [0.1, 0.15) is 11.1 Å². The van der Waals surface area contributed by atoms with E-state index in [0.29, 0.717) is 5.95 Å². The Hall–Kier alpha value is -6.52. The Morgan fingerprint density at radius 3 is 1.65 bits per heavy atom. The molecule has 10 rings (SSSR count). The van der Waals surface area contributed by atoms with Crippen molar-refractivity contribution >= 4 is 54.5 Å². The molecule has 0 fully saturated rings. The minimum Gasteiger partial charge on any atom is -0.453 e. The maximum absolute atomic E-state index is 6.80. The Labute approximate surface area is 276 Å². The number of fused-ring (bicyclic) bond motifs is 9. The zero-order chi connectivity index (χ0) is 31.6. The van der Waals surface area contributed by atoms with E-state index in [1.165, 1.54) is 11.1 Å². The van der Waals surface area contributed by atoms with Gasteiger partial charge in [0.15, 0.2) is 5.58 Å². The van der Waals surface area contributed by atoms with E-state index in [0.717, 1.165) is 76.8 Å². The summed E-state index contributed by atoms with van der Waals surface area (Å²) < 4.78 is 8.95. The monoisotopic (exact) mass is 613 g/mol. The van der Waals surface area contributed by atoms with Gasteiger partial charge in [0.05, 0.1) is 5.52 Å². The zero-order valence-electron chi connectivity index (χ0n) is 25.8. The Balaban J connectivity index is 1.18. The topological polar surface area (TPSA) is 43.9 Å². The molecule has 0 saturated heterocycles. The van der Waals surface area contributed by atoms with E-state index in [2.05, 4.69) is 144 Å². The molecule has 0 aliphatic rings. The van der Waals surface area contributed by atoms with Crippen molar-refractivity contribution in [1.29, 1.82) is 0 Å². The summed E-state index contributed by atoms with van der Waals surface area (Å²) in [5, 5.41) is 6.69. The van der Waals surface area contributed by atoms with Gasteiger partial charge in [-0.25, -0.2) is 9.97 Å². The van der Waals surface area contributed by atoms with Crippen molar-refractivity contribution in [2.75, 3.05) is 0 Å². The third-order valence-corrected chi connectivity index (χ3v) is 9.48. The van der Waals surface area contributed by atoms with Crippen LogP contribution in [-0.4, -0.2) is 14.5 Å². The molecule has 0 aliphatic carbocycles. The summed E-state index contributed by atoms with van der Waals surface area (Å²) >= 11 is 0. The van der Waals surface area contributed by atoms with Crippen LogP contribution in [0, 0.1) is 0 Å². The second-order valence-corrected chi connectivity index (χ2v) is 12.3. The molecular formula is C44H27N3O. The summed E-state index contributed by atoms with van der Waals surface area (Å²) in [6, 6.07) is 53.3. The normalized spacial score (nSPS) is 11.8. The van der Waals surface area contributed by atoms with Gasteiger partial charge in [-0.1, -0.05) is 115 Å². The third-order valence-electron chi connectivity index (χ3n) is 9.48. The molecule has 0 bridgehead atoms. The maximum atomic E-state index is 6.80. The number of hydrogen-bond donors (Lipinski definition) is 0. The summed E-state index contributed by atoms with van der Waals surface area (Å²) in [4.78, 5) is 10.0. The standard InChI is InChI=1S/C44H27N3O/c1-3-11-28(12-4-1)31-23-32(29-13-5-2-6-14-29)25-33(24-31)34-26-45-44(46-27-34)47-40-18-10-9-17-36(40)37-21-22-39-38-20-19-30-15-7-8-16-35(30)42(38)48-43(39)41(37)47/h1-27H. The highest BCUT2D eigenvalue weighted by molar-refractivity contribution is 6.23. The Kier molecular flexibility index (Phi) is 5.84. The molecule has 0 atom stereocenters. The van der Waals surface area contributed by atoms with Crippen LogP contribution in [0.2, 0.25) is 0 Å². The van der Waals surface area contributed by atoms with Crippen LogP contribution in [-0.2, 0) is 0 Å². The molecule has 0 saturated carbocycles. The van der Waals surface area contributed by atoms with E-state index in [9.17, 15) is 0 Å². The molecule has 0 aliphatic heterocycles. The predicted octanol–water partition coefficient (Wildman–Crippen LogP) is 11.6. The minimum atomic E-state index is 0.602. The fourth-order valence-electron chi connectivity index (χ4n) is 7.19. The van der Waals surface area contributed by atoms with Gasteiger partial charge < -0.3 is 4.42 Å². The lowest BCUT2D eigenvalue weighted by Crippen LogP contribution is -2.01. The minimum absolute atomic E-state index is 0.602. The van der Waals surface area contributed by atoms with E-state index >= 15 is 0 Å². The second kappa shape index (κ2) is 10.5. The van der Waals surface area contributed by atoms with Crippen molar-refractivity contribution in [2.24, 2.45) is 0 Å². The number of nitrogens with zero attached hydrogens (tertiary/aromatic N) is 3. The first-order chi connectivity index (χ1) is 23.8. The third kappa shape index (κ3) is 4.10. The maximum Gasteiger partial charge on any atom is 0.234 e. The summed E-state index contributed by atoms with van der Waals surface area (Å²) in [7, 11) is 0. The lowest BCUT2D eigenvalue weighted by molar-refractivity contribution is 0.674. The molecule has 0 amide bonds. The van der Waals surface area contributed by atoms with Gasteiger partial charge in [-0.2, -0.15) is 0 Å². The average molecular weight is 614 g/mol. The van der Waals surface area contributed by atoms with Gasteiger partial charge in [0.2, 0.25) is 5.95 Å². The van der Waals surface area contributed by atoms with Gasteiger partial charge in [0, 0.05) is 44.9 Å². The summed E-state index contributed by atoms with van der Waals surface area (Å²) in [6.07, 6.45) is 3.88. The number of hydrogen-bond acceptors (Lipinski definition) is 3. The molecule has 4 nitrogen and oxygen atoms in total. The summed E-state index contributed by atoms with van der Waals surface area (Å²) in [5.41, 5.74) is 10.4. The molecule has 7 aromatic carbocycles. The van der Waals surface area contributed by atoms with Crippen molar-refractivity contribution in [3.05, 3.63) is 164 Å². The van der Waals surface area contributed by atoms with Crippen LogP contribution < -0.4 is 0 Å². The SMILES string of the molecule is c1ccc(-c2cc(-c3ccccc3)cc(-c3cnc(-n4c5ccccc5c5ccc6c7ccc8ccccc8c7oc6c54)nc3)c2)cc1. The van der Waals surface area contributed by atoms with E-state index < -0.39 is 0 Å². The Bertz CT molecular complexity index is 2760. The Morgan fingerprint density at radius 1 is 0.396 bits per heavy atom. The first-order valence-electron chi connectivity index (χ1n) is 16.1. The molecule has 3 aromatic heterocycles. The van der Waals surface area contributed by atoms with Crippen molar-refractivity contribution in [3.8, 4) is 39.3 Å². The average Bonchev–Trinajstić information content (AvgIpc) is 3.72. The fourth-order valence-corrected chi connectivity index (χ4v) is 7.19. The van der Waals surface area contributed by atoms with Crippen molar-refractivity contribution in [3.63, 3.8) is 0 Å². The lowest BCUT2D eigenvalue weighted by atomic mass is 9.94. The number of rotatable bonds is 4.